The molecule has 2 amide bonds. The Labute approximate surface area is 191 Å². The summed E-state index contributed by atoms with van der Waals surface area (Å²) in [6.45, 7) is 6.37. The van der Waals surface area contributed by atoms with E-state index in [1.54, 1.807) is 31.4 Å². The SMILES string of the molecule is CCN(CC)S(=O)(=O)c1ccc([C@@H](C)NC(=O)N[C@@H](c2ccc(OC)cc2)C2CC2)cc1. The Balaban J connectivity index is 1.64. The van der Waals surface area contributed by atoms with Crippen LogP contribution < -0.4 is 15.4 Å². The molecule has 2 aromatic rings. The summed E-state index contributed by atoms with van der Waals surface area (Å²) in [5.74, 6) is 1.22. The van der Waals surface area contributed by atoms with E-state index in [9.17, 15) is 13.2 Å². The second-order valence-corrected chi connectivity index (χ2v) is 10.0. The Morgan fingerprint density at radius 3 is 2.06 bits per heavy atom. The molecule has 2 N–H and O–H groups in total. The van der Waals surface area contributed by atoms with E-state index in [1.807, 2.05) is 45.0 Å². The van der Waals surface area contributed by atoms with Gasteiger partial charge in [-0.2, -0.15) is 4.31 Å². The van der Waals surface area contributed by atoms with E-state index in [-0.39, 0.29) is 23.0 Å². The van der Waals surface area contributed by atoms with Gasteiger partial charge in [0.2, 0.25) is 10.0 Å². The summed E-state index contributed by atoms with van der Waals surface area (Å²) in [7, 11) is -1.87. The van der Waals surface area contributed by atoms with Crippen molar-refractivity contribution in [3.8, 4) is 5.75 Å². The zero-order chi connectivity index (χ0) is 23.3. The van der Waals surface area contributed by atoms with E-state index in [1.165, 1.54) is 4.31 Å². The zero-order valence-electron chi connectivity index (χ0n) is 19.2. The predicted molar refractivity (Wildman–Crippen MR) is 125 cm³/mol. The number of rotatable bonds is 10. The number of nitrogens with zero attached hydrogens (tertiary/aromatic N) is 1. The lowest BCUT2D eigenvalue weighted by Gasteiger charge is -2.22. The lowest BCUT2D eigenvalue weighted by atomic mass is 10.0. The molecular formula is C24H33N3O4S. The summed E-state index contributed by atoms with van der Waals surface area (Å²) in [4.78, 5) is 13.0. The van der Waals surface area contributed by atoms with Gasteiger partial charge in [-0.15, -0.1) is 0 Å². The molecule has 0 heterocycles. The van der Waals surface area contributed by atoms with Gasteiger partial charge in [0, 0.05) is 13.1 Å². The summed E-state index contributed by atoms with van der Waals surface area (Å²) < 4.78 is 32.0. The standard InChI is InChI=1S/C24H33N3O4S/c1-5-27(6-2)32(29,30)22-15-11-18(12-16-22)17(3)25-24(28)26-23(19-7-8-19)20-9-13-21(31-4)14-10-20/h9-17,19,23H,5-8H2,1-4H3,(H2,25,26,28)/t17-,23-/m1/s1. The smallest absolute Gasteiger partial charge is 0.315 e. The van der Waals surface area contributed by atoms with Crippen LogP contribution in [0.5, 0.6) is 5.75 Å². The lowest BCUT2D eigenvalue weighted by Crippen LogP contribution is -2.40. The average molecular weight is 460 g/mol. The van der Waals surface area contributed by atoms with Gasteiger partial charge in [-0.1, -0.05) is 38.1 Å². The van der Waals surface area contributed by atoms with Gasteiger partial charge in [0.25, 0.3) is 0 Å². The van der Waals surface area contributed by atoms with Crippen LogP contribution in [0.15, 0.2) is 53.4 Å². The number of benzene rings is 2. The summed E-state index contributed by atoms with van der Waals surface area (Å²) in [6.07, 6.45) is 2.18. The molecule has 8 heteroatoms. The predicted octanol–water partition coefficient (Wildman–Crippen LogP) is 4.24. The van der Waals surface area contributed by atoms with Crippen LogP contribution in [0.1, 0.15) is 56.8 Å². The monoisotopic (exact) mass is 459 g/mol. The van der Waals surface area contributed by atoms with Crippen LogP contribution in [0.2, 0.25) is 0 Å². The first-order chi connectivity index (χ1) is 15.3. The maximum absolute atomic E-state index is 12.7. The molecule has 32 heavy (non-hydrogen) atoms. The average Bonchev–Trinajstić information content (AvgIpc) is 3.63. The molecule has 1 aliphatic carbocycles. The Morgan fingerprint density at radius 2 is 1.56 bits per heavy atom. The number of nitrogens with one attached hydrogen (secondary N) is 2. The lowest BCUT2D eigenvalue weighted by molar-refractivity contribution is 0.232. The number of amides is 2. The van der Waals surface area contributed by atoms with Crippen molar-refractivity contribution in [1.29, 1.82) is 0 Å². The van der Waals surface area contributed by atoms with Crippen molar-refractivity contribution in [2.45, 2.75) is 50.6 Å². The first-order valence-electron chi connectivity index (χ1n) is 11.1. The van der Waals surface area contributed by atoms with Crippen LogP contribution in [0.4, 0.5) is 4.79 Å². The number of hydrogen-bond donors (Lipinski definition) is 2. The van der Waals surface area contributed by atoms with Crippen molar-refractivity contribution >= 4 is 16.1 Å². The molecule has 174 valence electrons. The maximum Gasteiger partial charge on any atom is 0.315 e. The highest BCUT2D eigenvalue weighted by Gasteiger charge is 2.33. The molecule has 0 unspecified atom stereocenters. The number of urea groups is 1. The molecule has 1 saturated carbocycles. The van der Waals surface area contributed by atoms with Crippen LogP contribution in [0.25, 0.3) is 0 Å². The molecular weight excluding hydrogens is 426 g/mol. The molecule has 0 aromatic heterocycles. The van der Waals surface area contributed by atoms with E-state index in [0.29, 0.717) is 19.0 Å². The Bertz CT molecular complexity index is 999. The van der Waals surface area contributed by atoms with Gasteiger partial charge in [-0.25, -0.2) is 13.2 Å². The van der Waals surface area contributed by atoms with Gasteiger partial charge < -0.3 is 15.4 Å². The second-order valence-electron chi connectivity index (χ2n) is 8.09. The first kappa shape index (κ1) is 24.1. The minimum atomic E-state index is -3.50. The summed E-state index contributed by atoms with van der Waals surface area (Å²) in [6, 6.07) is 13.9. The number of hydrogen-bond acceptors (Lipinski definition) is 4. The largest absolute Gasteiger partial charge is 0.497 e. The fourth-order valence-corrected chi connectivity index (χ4v) is 5.28. The third-order valence-electron chi connectivity index (χ3n) is 5.93. The van der Waals surface area contributed by atoms with Crippen LogP contribution in [-0.4, -0.2) is 39.0 Å². The van der Waals surface area contributed by atoms with Crippen molar-refractivity contribution in [2.75, 3.05) is 20.2 Å². The number of carbonyl (C=O) groups is 1. The number of methoxy groups -OCH3 is 1. The van der Waals surface area contributed by atoms with E-state index < -0.39 is 10.0 Å². The fraction of sp³-hybridized carbons (Fsp3) is 0.458. The van der Waals surface area contributed by atoms with Gasteiger partial charge in [-0.05, 0) is 61.1 Å². The quantitative estimate of drug-likeness (QED) is 0.556. The number of carbonyl (C=O) groups excluding carboxylic acids is 1. The van der Waals surface area contributed by atoms with Crippen LogP contribution >= 0.6 is 0 Å². The second kappa shape index (κ2) is 10.4. The molecule has 1 aliphatic rings. The van der Waals surface area contributed by atoms with Gasteiger partial charge in [0.1, 0.15) is 5.75 Å². The summed E-state index contributed by atoms with van der Waals surface area (Å²) >= 11 is 0. The van der Waals surface area contributed by atoms with E-state index >= 15 is 0 Å². The minimum absolute atomic E-state index is 0.0466. The fourth-order valence-electron chi connectivity index (χ4n) is 3.82. The van der Waals surface area contributed by atoms with Crippen molar-refractivity contribution in [2.24, 2.45) is 5.92 Å². The Morgan fingerprint density at radius 1 is 1.00 bits per heavy atom. The number of ether oxygens (including phenoxy) is 1. The molecule has 7 nitrogen and oxygen atoms in total. The molecule has 0 saturated heterocycles. The molecule has 3 rings (SSSR count). The van der Waals surface area contributed by atoms with Gasteiger partial charge in [-0.3, -0.25) is 0 Å². The Hall–Kier alpha value is -2.58. The van der Waals surface area contributed by atoms with Gasteiger partial charge in [0.15, 0.2) is 0 Å². The van der Waals surface area contributed by atoms with Gasteiger partial charge in [0.05, 0.1) is 24.1 Å². The molecule has 0 radical (unpaired) electrons. The highest BCUT2D eigenvalue weighted by molar-refractivity contribution is 7.89. The van der Waals surface area contributed by atoms with Crippen LogP contribution in [0.3, 0.4) is 0 Å². The van der Waals surface area contributed by atoms with Gasteiger partial charge >= 0.3 is 6.03 Å². The van der Waals surface area contributed by atoms with E-state index in [0.717, 1.165) is 29.7 Å². The minimum Gasteiger partial charge on any atom is -0.497 e. The van der Waals surface area contributed by atoms with Crippen molar-refractivity contribution in [3.05, 3.63) is 59.7 Å². The maximum atomic E-state index is 12.7. The molecule has 2 atom stereocenters. The molecule has 0 spiro atoms. The molecule has 0 bridgehead atoms. The van der Waals surface area contributed by atoms with E-state index in [4.69, 9.17) is 4.74 Å². The van der Waals surface area contributed by atoms with E-state index in [2.05, 4.69) is 10.6 Å². The van der Waals surface area contributed by atoms with Crippen molar-refractivity contribution in [3.63, 3.8) is 0 Å². The molecule has 1 fully saturated rings. The van der Waals surface area contributed by atoms with Crippen LogP contribution in [0, 0.1) is 5.92 Å². The Kier molecular flexibility index (Phi) is 7.79. The van der Waals surface area contributed by atoms with Crippen LogP contribution in [-0.2, 0) is 10.0 Å². The third kappa shape index (κ3) is 5.61. The zero-order valence-corrected chi connectivity index (χ0v) is 20.0. The van der Waals surface area contributed by atoms with Crippen molar-refractivity contribution in [1.82, 2.24) is 14.9 Å². The highest BCUT2D eigenvalue weighted by atomic mass is 32.2. The first-order valence-corrected chi connectivity index (χ1v) is 12.5. The summed E-state index contributed by atoms with van der Waals surface area (Å²) in [5.41, 5.74) is 1.90. The highest BCUT2D eigenvalue weighted by Crippen LogP contribution is 2.41. The number of sulfonamides is 1. The topological polar surface area (TPSA) is 87.7 Å². The summed E-state index contributed by atoms with van der Waals surface area (Å²) in [5, 5.41) is 6.08. The molecule has 0 aliphatic heterocycles. The van der Waals surface area contributed by atoms with Crippen molar-refractivity contribution < 1.29 is 17.9 Å². The third-order valence-corrected chi connectivity index (χ3v) is 7.99. The normalized spacial score (nSPS) is 15.8. The molecule has 2 aromatic carbocycles.